The Labute approximate surface area is 106 Å². The van der Waals surface area contributed by atoms with Gasteiger partial charge in [0.1, 0.15) is 0 Å². The summed E-state index contributed by atoms with van der Waals surface area (Å²) in [6, 6.07) is 0.507. The van der Waals surface area contributed by atoms with E-state index in [-0.39, 0.29) is 0 Å². The van der Waals surface area contributed by atoms with Crippen molar-refractivity contribution in [1.82, 2.24) is 5.32 Å². The first-order chi connectivity index (χ1) is 7.93. The topological polar surface area (TPSA) is 41.5 Å². The van der Waals surface area contributed by atoms with Gasteiger partial charge in [0.2, 0.25) is 0 Å². The van der Waals surface area contributed by atoms with Crippen molar-refractivity contribution in [3.63, 3.8) is 0 Å². The van der Waals surface area contributed by atoms with Gasteiger partial charge in [-0.05, 0) is 38.5 Å². The van der Waals surface area contributed by atoms with E-state index in [9.17, 15) is 5.11 Å². The molecular formula is C14H29NO2. The lowest BCUT2D eigenvalue weighted by Crippen LogP contribution is -2.46. The molecule has 1 rings (SSSR count). The first kappa shape index (κ1) is 14.9. The lowest BCUT2D eigenvalue weighted by molar-refractivity contribution is -0.0103. The number of aliphatic hydroxyl groups is 1. The molecule has 0 spiro atoms. The molecule has 0 bridgehead atoms. The monoisotopic (exact) mass is 243 g/mol. The fourth-order valence-corrected chi connectivity index (χ4v) is 2.67. The quantitative estimate of drug-likeness (QED) is 0.752. The molecule has 1 aliphatic rings. The van der Waals surface area contributed by atoms with Gasteiger partial charge in [-0.15, -0.1) is 0 Å². The average Bonchev–Trinajstić information content (AvgIpc) is 2.25. The minimum Gasteiger partial charge on any atom is -0.389 e. The van der Waals surface area contributed by atoms with Gasteiger partial charge in [0, 0.05) is 19.2 Å². The van der Waals surface area contributed by atoms with Crippen LogP contribution in [0.25, 0.3) is 0 Å². The molecule has 3 unspecified atom stereocenters. The van der Waals surface area contributed by atoms with Crippen molar-refractivity contribution >= 4 is 0 Å². The molecule has 0 aromatic rings. The van der Waals surface area contributed by atoms with Crippen molar-refractivity contribution < 1.29 is 9.84 Å². The Bertz CT molecular complexity index is 216. The molecule has 1 fully saturated rings. The minimum atomic E-state index is -0.589. The molecule has 2 N–H and O–H groups in total. The first-order valence-electron chi connectivity index (χ1n) is 7.00. The van der Waals surface area contributed by atoms with E-state index >= 15 is 0 Å². The van der Waals surface area contributed by atoms with Crippen molar-refractivity contribution in [3.05, 3.63) is 0 Å². The third kappa shape index (κ3) is 5.84. The standard InChI is InChI=1S/C14H29NO2/c1-5-13-8-12(6-7-17-13)15-10-14(4,16)9-11(2)3/h11-13,15-16H,5-10H2,1-4H3. The van der Waals surface area contributed by atoms with E-state index in [0.717, 1.165) is 32.3 Å². The predicted molar refractivity (Wildman–Crippen MR) is 71.1 cm³/mol. The maximum atomic E-state index is 10.2. The Kier molecular flexibility index (Phi) is 5.90. The molecule has 3 nitrogen and oxygen atoms in total. The van der Waals surface area contributed by atoms with Gasteiger partial charge < -0.3 is 15.2 Å². The van der Waals surface area contributed by atoms with Crippen molar-refractivity contribution in [3.8, 4) is 0 Å². The summed E-state index contributed by atoms with van der Waals surface area (Å²) >= 11 is 0. The smallest absolute Gasteiger partial charge is 0.0746 e. The zero-order valence-electron chi connectivity index (χ0n) is 11.8. The summed E-state index contributed by atoms with van der Waals surface area (Å²) < 4.78 is 5.65. The molecule has 1 saturated heterocycles. The lowest BCUT2D eigenvalue weighted by Gasteiger charge is -2.33. The van der Waals surface area contributed by atoms with E-state index in [1.54, 1.807) is 0 Å². The van der Waals surface area contributed by atoms with Crippen LogP contribution in [0.15, 0.2) is 0 Å². The Hall–Kier alpha value is -0.120. The van der Waals surface area contributed by atoms with Crippen LogP contribution in [0.1, 0.15) is 53.4 Å². The van der Waals surface area contributed by atoms with Crippen LogP contribution in [0.5, 0.6) is 0 Å². The molecular weight excluding hydrogens is 214 g/mol. The third-order valence-electron chi connectivity index (χ3n) is 3.44. The molecule has 1 aliphatic heterocycles. The Morgan fingerprint density at radius 2 is 2.18 bits per heavy atom. The van der Waals surface area contributed by atoms with Crippen LogP contribution in [0.2, 0.25) is 0 Å². The Balaban J connectivity index is 2.29. The second kappa shape index (κ2) is 6.72. The molecule has 3 atom stereocenters. The van der Waals surface area contributed by atoms with E-state index in [1.807, 2.05) is 6.92 Å². The van der Waals surface area contributed by atoms with Gasteiger partial charge in [-0.1, -0.05) is 20.8 Å². The van der Waals surface area contributed by atoms with Crippen molar-refractivity contribution in [2.24, 2.45) is 5.92 Å². The molecule has 17 heavy (non-hydrogen) atoms. The number of ether oxygens (including phenoxy) is 1. The highest BCUT2D eigenvalue weighted by Gasteiger charge is 2.26. The maximum Gasteiger partial charge on any atom is 0.0746 e. The summed E-state index contributed by atoms with van der Waals surface area (Å²) in [6.45, 7) is 9.93. The largest absolute Gasteiger partial charge is 0.389 e. The van der Waals surface area contributed by atoms with E-state index in [2.05, 4.69) is 26.1 Å². The number of nitrogens with one attached hydrogen (secondary N) is 1. The zero-order chi connectivity index (χ0) is 12.9. The van der Waals surface area contributed by atoms with Gasteiger partial charge in [0.05, 0.1) is 11.7 Å². The third-order valence-corrected chi connectivity index (χ3v) is 3.44. The average molecular weight is 243 g/mol. The van der Waals surface area contributed by atoms with E-state index in [0.29, 0.717) is 24.6 Å². The van der Waals surface area contributed by atoms with Crippen LogP contribution >= 0.6 is 0 Å². The van der Waals surface area contributed by atoms with Crippen LogP contribution in [0, 0.1) is 5.92 Å². The summed E-state index contributed by atoms with van der Waals surface area (Å²) in [5.74, 6) is 0.532. The van der Waals surface area contributed by atoms with Gasteiger partial charge in [0.15, 0.2) is 0 Å². The molecule has 0 aliphatic carbocycles. The van der Waals surface area contributed by atoms with Gasteiger partial charge in [-0.25, -0.2) is 0 Å². The summed E-state index contributed by atoms with van der Waals surface area (Å²) in [5, 5.41) is 13.7. The summed E-state index contributed by atoms with van der Waals surface area (Å²) in [6.07, 6.45) is 4.47. The highest BCUT2D eigenvalue weighted by atomic mass is 16.5. The fourth-order valence-electron chi connectivity index (χ4n) is 2.67. The second-order valence-corrected chi connectivity index (χ2v) is 6.10. The molecule has 3 heteroatoms. The molecule has 102 valence electrons. The summed E-state index contributed by atoms with van der Waals surface area (Å²) in [4.78, 5) is 0. The van der Waals surface area contributed by atoms with Gasteiger partial charge in [-0.2, -0.15) is 0 Å². The fraction of sp³-hybridized carbons (Fsp3) is 1.00. The van der Waals surface area contributed by atoms with Gasteiger partial charge in [-0.3, -0.25) is 0 Å². The molecule has 0 amide bonds. The number of hydrogen-bond donors (Lipinski definition) is 2. The zero-order valence-corrected chi connectivity index (χ0v) is 11.8. The van der Waals surface area contributed by atoms with Crippen LogP contribution in [0.4, 0.5) is 0 Å². The lowest BCUT2D eigenvalue weighted by atomic mass is 9.93. The number of hydrogen-bond acceptors (Lipinski definition) is 3. The van der Waals surface area contributed by atoms with E-state index < -0.39 is 5.60 Å². The number of rotatable bonds is 6. The molecule has 0 aromatic heterocycles. The van der Waals surface area contributed by atoms with Crippen LogP contribution in [-0.4, -0.2) is 36.0 Å². The molecule has 1 heterocycles. The second-order valence-electron chi connectivity index (χ2n) is 6.10. The molecule has 0 aromatic carbocycles. The maximum absolute atomic E-state index is 10.2. The molecule has 0 radical (unpaired) electrons. The van der Waals surface area contributed by atoms with Crippen LogP contribution in [-0.2, 0) is 4.74 Å². The highest BCUT2D eigenvalue weighted by molar-refractivity contribution is 4.82. The van der Waals surface area contributed by atoms with Crippen molar-refractivity contribution in [1.29, 1.82) is 0 Å². The minimum absolute atomic E-state index is 0.399. The normalized spacial score (nSPS) is 29.3. The Morgan fingerprint density at radius 1 is 1.47 bits per heavy atom. The first-order valence-corrected chi connectivity index (χ1v) is 7.00. The van der Waals surface area contributed by atoms with Gasteiger partial charge in [0.25, 0.3) is 0 Å². The van der Waals surface area contributed by atoms with Gasteiger partial charge >= 0.3 is 0 Å². The van der Waals surface area contributed by atoms with Crippen LogP contribution < -0.4 is 5.32 Å². The van der Waals surface area contributed by atoms with E-state index in [4.69, 9.17) is 4.74 Å². The van der Waals surface area contributed by atoms with Crippen molar-refractivity contribution in [2.75, 3.05) is 13.2 Å². The predicted octanol–water partition coefficient (Wildman–Crippen LogP) is 2.33. The summed E-state index contributed by atoms with van der Waals surface area (Å²) in [5.41, 5.74) is -0.589. The van der Waals surface area contributed by atoms with Crippen molar-refractivity contribution in [2.45, 2.75) is 71.1 Å². The highest BCUT2D eigenvalue weighted by Crippen LogP contribution is 2.19. The summed E-state index contributed by atoms with van der Waals surface area (Å²) in [7, 11) is 0. The molecule has 0 saturated carbocycles. The Morgan fingerprint density at radius 3 is 2.76 bits per heavy atom. The van der Waals surface area contributed by atoms with Crippen LogP contribution in [0.3, 0.4) is 0 Å². The SMILES string of the molecule is CCC1CC(NCC(C)(O)CC(C)C)CCO1. The van der Waals surface area contributed by atoms with E-state index in [1.165, 1.54) is 0 Å².